The molecule has 0 aliphatic heterocycles. The first kappa shape index (κ1) is 20.3. The molecule has 30 heavy (non-hydrogen) atoms. The van der Waals surface area contributed by atoms with Gasteiger partial charge in [0, 0.05) is 17.1 Å². The quantitative estimate of drug-likeness (QED) is 0.390. The lowest BCUT2D eigenvalue weighted by Crippen LogP contribution is -2.14. The Kier molecular flexibility index (Phi) is 6.26. The van der Waals surface area contributed by atoms with Crippen molar-refractivity contribution in [1.82, 2.24) is 9.97 Å². The summed E-state index contributed by atoms with van der Waals surface area (Å²) in [5, 5.41) is 4.15. The van der Waals surface area contributed by atoms with Crippen molar-refractivity contribution < 1.29 is 9.18 Å². The van der Waals surface area contributed by atoms with Crippen LogP contribution in [0.1, 0.15) is 11.3 Å². The molecule has 0 unspecified atom stereocenters. The van der Waals surface area contributed by atoms with Gasteiger partial charge in [0.15, 0.2) is 0 Å². The van der Waals surface area contributed by atoms with E-state index in [1.165, 1.54) is 36.0 Å². The Morgan fingerprint density at radius 1 is 0.933 bits per heavy atom. The number of thioether (sulfide) groups is 1. The number of nitrogens with one attached hydrogen (secondary N) is 1. The summed E-state index contributed by atoms with van der Waals surface area (Å²) in [6, 6.07) is 20.9. The maximum absolute atomic E-state index is 13.0. The average molecular weight is 438 g/mol. The molecule has 0 atom stereocenters. The van der Waals surface area contributed by atoms with Gasteiger partial charge in [-0.1, -0.05) is 47.6 Å². The molecule has 1 heterocycles. The van der Waals surface area contributed by atoms with E-state index in [-0.39, 0.29) is 17.5 Å². The first-order valence-corrected chi connectivity index (χ1v) is 10.6. The van der Waals surface area contributed by atoms with Crippen molar-refractivity contribution in [2.45, 2.75) is 11.4 Å². The Morgan fingerprint density at radius 2 is 1.60 bits per heavy atom. The highest BCUT2D eigenvalue weighted by atomic mass is 35.5. The first-order valence-electron chi connectivity index (χ1n) is 9.25. The molecular formula is C23H17ClFN3OS. The normalized spacial score (nSPS) is 10.9. The van der Waals surface area contributed by atoms with Gasteiger partial charge in [-0.3, -0.25) is 4.79 Å². The first-order chi connectivity index (χ1) is 14.6. The van der Waals surface area contributed by atoms with Crippen LogP contribution in [-0.4, -0.2) is 21.6 Å². The highest BCUT2D eigenvalue weighted by Gasteiger charge is 2.13. The van der Waals surface area contributed by atoms with E-state index in [0.717, 1.165) is 22.3 Å². The molecule has 0 saturated heterocycles. The minimum atomic E-state index is -0.347. The minimum Gasteiger partial charge on any atom is -0.325 e. The Morgan fingerprint density at radius 3 is 2.30 bits per heavy atom. The number of amides is 1. The number of carbonyl (C=O) groups excluding carboxylic acids is 1. The molecule has 4 aromatic rings. The van der Waals surface area contributed by atoms with Gasteiger partial charge in [0.25, 0.3) is 0 Å². The van der Waals surface area contributed by atoms with Gasteiger partial charge in [-0.2, -0.15) is 0 Å². The fraction of sp³-hybridized carbons (Fsp3) is 0.0870. The summed E-state index contributed by atoms with van der Waals surface area (Å²) in [7, 11) is 0. The van der Waals surface area contributed by atoms with Gasteiger partial charge in [-0.05, 0) is 54.1 Å². The molecule has 0 saturated carbocycles. The summed E-state index contributed by atoms with van der Waals surface area (Å²) in [6.07, 6.45) is 0.580. The second-order valence-corrected chi connectivity index (χ2v) is 8.01. The van der Waals surface area contributed by atoms with Crippen LogP contribution in [0.15, 0.2) is 77.8 Å². The van der Waals surface area contributed by atoms with E-state index in [4.69, 9.17) is 21.6 Å². The summed E-state index contributed by atoms with van der Waals surface area (Å²) >= 11 is 7.32. The number of carbonyl (C=O) groups is 1. The molecule has 150 valence electrons. The van der Waals surface area contributed by atoms with Gasteiger partial charge < -0.3 is 5.32 Å². The number of anilines is 1. The van der Waals surface area contributed by atoms with Crippen LogP contribution in [0.25, 0.3) is 11.0 Å². The van der Waals surface area contributed by atoms with Gasteiger partial charge in [0.1, 0.15) is 10.8 Å². The number of aromatic nitrogens is 2. The lowest BCUT2D eigenvalue weighted by Gasteiger charge is -2.10. The molecule has 0 bridgehead atoms. The van der Waals surface area contributed by atoms with E-state index in [9.17, 15) is 9.18 Å². The predicted molar refractivity (Wildman–Crippen MR) is 120 cm³/mol. The number of fused-ring (bicyclic) bond motifs is 1. The van der Waals surface area contributed by atoms with Crippen molar-refractivity contribution in [3.05, 3.63) is 94.9 Å². The highest BCUT2D eigenvalue weighted by molar-refractivity contribution is 8.00. The number of hydrogen-bond acceptors (Lipinski definition) is 4. The molecule has 7 heteroatoms. The number of hydrogen-bond donors (Lipinski definition) is 1. The van der Waals surface area contributed by atoms with Gasteiger partial charge in [0.2, 0.25) is 5.91 Å². The lowest BCUT2D eigenvalue weighted by molar-refractivity contribution is -0.113. The Hall–Kier alpha value is -2.96. The molecule has 0 fully saturated rings. The lowest BCUT2D eigenvalue weighted by atomic mass is 10.1. The molecule has 0 aliphatic carbocycles. The van der Waals surface area contributed by atoms with E-state index in [2.05, 4.69) is 5.32 Å². The fourth-order valence-electron chi connectivity index (χ4n) is 2.91. The number of nitrogens with zero attached hydrogens (tertiary/aromatic N) is 2. The number of halogens is 2. The van der Waals surface area contributed by atoms with E-state index in [1.807, 2.05) is 48.5 Å². The molecule has 1 aromatic heterocycles. The van der Waals surface area contributed by atoms with Crippen LogP contribution in [0.5, 0.6) is 0 Å². The molecule has 4 nitrogen and oxygen atoms in total. The van der Waals surface area contributed by atoms with Crippen LogP contribution in [0.3, 0.4) is 0 Å². The van der Waals surface area contributed by atoms with E-state index in [0.29, 0.717) is 22.2 Å². The third kappa shape index (κ3) is 5.14. The molecular weight excluding hydrogens is 421 g/mol. The molecule has 0 radical (unpaired) electrons. The topological polar surface area (TPSA) is 54.9 Å². The third-order valence-electron chi connectivity index (χ3n) is 4.36. The predicted octanol–water partition coefficient (Wildman–Crippen LogP) is 5.74. The van der Waals surface area contributed by atoms with E-state index in [1.54, 1.807) is 0 Å². The maximum atomic E-state index is 13.0. The maximum Gasteiger partial charge on any atom is 0.234 e. The second kappa shape index (κ2) is 9.24. The summed E-state index contributed by atoms with van der Waals surface area (Å²) in [4.78, 5) is 21.9. The zero-order valence-electron chi connectivity index (χ0n) is 15.8. The second-order valence-electron chi connectivity index (χ2n) is 6.61. The molecule has 0 spiro atoms. The summed E-state index contributed by atoms with van der Waals surface area (Å²) < 4.78 is 13.0. The van der Waals surface area contributed by atoms with Crippen molar-refractivity contribution in [3.8, 4) is 0 Å². The smallest absolute Gasteiger partial charge is 0.234 e. The molecule has 0 aliphatic rings. The Labute approximate surface area is 182 Å². The van der Waals surface area contributed by atoms with Crippen molar-refractivity contribution >= 4 is 46.0 Å². The highest BCUT2D eigenvalue weighted by Crippen LogP contribution is 2.25. The molecule has 1 N–H and O–H groups in total. The van der Waals surface area contributed by atoms with E-state index < -0.39 is 0 Å². The van der Waals surface area contributed by atoms with Crippen molar-refractivity contribution in [2.24, 2.45) is 0 Å². The summed E-state index contributed by atoms with van der Waals surface area (Å²) in [5.74, 6) is -0.377. The number of para-hydroxylation sites is 2. The van der Waals surface area contributed by atoms with Gasteiger partial charge in [-0.25, -0.2) is 14.4 Å². The van der Waals surface area contributed by atoms with Gasteiger partial charge in [0.05, 0.1) is 22.5 Å². The zero-order chi connectivity index (χ0) is 20.9. The molecule has 4 rings (SSSR count). The number of rotatable bonds is 6. The number of benzene rings is 3. The Bertz CT molecular complexity index is 1180. The van der Waals surface area contributed by atoms with E-state index >= 15 is 0 Å². The van der Waals surface area contributed by atoms with Crippen molar-refractivity contribution in [3.63, 3.8) is 0 Å². The fourth-order valence-corrected chi connectivity index (χ4v) is 3.82. The molecule has 3 aromatic carbocycles. The van der Waals surface area contributed by atoms with Gasteiger partial charge >= 0.3 is 0 Å². The van der Waals surface area contributed by atoms with Gasteiger partial charge in [-0.15, -0.1) is 0 Å². The summed E-state index contributed by atoms with van der Waals surface area (Å²) in [5.41, 5.74) is 3.99. The van der Waals surface area contributed by atoms with Crippen LogP contribution in [0.4, 0.5) is 10.1 Å². The molecule has 1 amide bonds. The van der Waals surface area contributed by atoms with Crippen LogP contribution < -0.4 is 5.32 Å². The average Bonchev–Trinajstić information content (AvgIpc) is 2.75. The van der Waals surface area contributed by atoms with Crippen LogP contribution >= 0.6 is 23.4 Å². The van der Waals surface area contributed by atoms with Crippen LogP contribution in [0, 0.1) is 5.82 Å². The largest absolute Gasteiger partial charge is 0.325 e. The Balaban J connectivity index is 1.54. The summed E-state index contributed by atoms with van der Waals surface area (Å²) in [6.45, 7) is 0. The van der Waals surface area contributed by atoms with Crippen LogP contribution in [0.2, 0.25) is 5.02 Å². The standard InChI is InChI=1S/C23H17ClFN3OS/c24-16-7-5-15(6-8-16)13-21-23(28-20-4-2-1-3-19(20)27-21)30-14-22(29)26-18-11-9-17(25)10-12-18/h1-12H,13-14H2,(H,26,29). The zero-order valence-corrected chi connectivity index (χ0v) is 17.4. The monoisotopic (exact) mass is 437 g/mol. The van der Waals surface area contributed by atoms with Crippen molar-refractivity contribution in [2.75, 3.05) is 11.1 Å². The SMILES string of the molecule is O=C(CSc1nc2ccccc2nc1Cc1ccc(Cl)cc1)Nc1ccc(F)cc1. The minimum absolute atomic E-state index is 0.165. The van der Waals surface area contributed by atoms with Crippen molar-refractivity contribution in [1.29, 1.82) is 0 Å². The third-order valence-corrected chi connectivity index (χ3v) is 5.62. The van der Waals surface area contributed by atoms with Crippen LogP contribution in [-0.2, 0) is 11.2 Å².